The maximum atomic E-state index is 12.5. The van der Waals surface area contributed by atoms with E-state index in [2.05, 4.69) is 5.32 Å². The van der Waals surface area contributed by atoms with Crippen LogP contribution in [0.4, 0.5) is 0 Å². The molecule has 128 valence electrons. The van der Waals surface area contributed by atoms with Crippen molar-refractivity contribution >= 4 is 34.0 Å². The van der Waals surface area contributed by atoms with E-state index in [1.807, 2.05) is 60.0 Å². The predicted octanol–water partition coefficient (Wildman–Crippen LogP) is 3.86. The first kappa shape index (κ1) is 17.2. The largest absolute Gasteiger partial charge is 0.469 e. The molecule has 0 radical (unpaired) electrons. The van der Waals surface area contributed by atoms with E-state index in [9.17, 15) is 9.59 Å². The first-order chi connectivity index (χ1) is 12.2. The van der Waals surface area contributed by atoms with E-state index in [1.54, 1.807) is 0 Å². The molecule has 0 spiro atoms. The van der Waals surface area contributed by atoms with Crippen molar-refractivity contribution in [2.45, 2.75) is 18.9 Å². The van der Waals surface area contributed by atoms with Crippen LogP contribution in [-0.4, -0.2) is 19.0 Å². The molecular formula is C20H19NO3S. The first-order valence-electron chi connectivity index (χ1n) is 8.03. The topological polar surface area (TPSA) is 55.4 Å². The second kappa shape index (κ2) is 7.94. The average molecular weight is 353 g/mol. The molecule has 1 amide bonds. The molecule has 5 heteroatoms. The zero-order chi connectivity index (χ0) is 17.6. The Kier molecular flexibility index (Phi) is 5.46. The monoisotopic (exact) mass is 353 g/mol. The van der Waals surface area contributed by atoms with Gasteiger partial charge in [-0.25, -0.2) is 0 Å². The normalized spacial score (nSPS) is 11.9. The summed E-state index contributed by atoms with van der Waals surface area (Å²) in [7, 11) is 1.35. The first-order valence-corrected chi connectivity index (χ1v) is 8.91. The molecule has 0 fully saturated rings. The Labute approximate surface area is 150 Å². The molecule has 0 bridgehead atoms. The summed E-state index contributed by atoms with van der Waals surface area (Å²) in [5.74, 6) is -0.456. The fourth-order valence-corrected chi connectivity index (χ4v) is 3.52. The van der Waals surface area contributed by atoms with Crippen molar-refractivity contribution in [2.24, 2.45) is 0 Å². The number of nitrogens with one attached hydrogen (secondary N) is 1. The minimum atomic E-state index is -0.361. The zero-order valence-electron chi connectivity index (χ0n) is 13.9. The maximum Gasteiger partial charge on any atom is 0.307 e. The van der Waals surface area contributed by atoms with Crippen LogP contribution in [0.1, 0.15) is 22.9 Å². The lowest BCUT2D eigenvalue weighted by Crippen LogP contribution is -2.31. The molecule has 2 aromatic carbocycles. The van der Waals surface area contributed by atoms with Gasteiger partial charge in [-0.15, -0.1) is 11.3 Å². The SMILES string of the molecule is COC(=O)CC(NC(=O)Cc1ccc2ccccc2c1)c1cccs1. The summed E-state index contributed by atoms with van der Waals surface area (Å²) < 4.78 is 4.74. The van der Waals surface area contributed by atoms with Crippen molar-refractivity contribution in [2.75, 3.05) is 7.11 Å². The van der Waals surface area contributed by atoms with E-state index in [-0.39, 0.29) is 30.8 Å². The second-order valence-electron chi connectivity index (χ2n) is 5.77. The summed E-state index contributed by atoms with van der Waals surface area (Å²) in [6.45, 7) is 0. The number of methoxy groups -OCH3 is 1. The quantitative estimate of drug-likeness (QED) is 0.685. The molecule has 0 aliphatic carbocycles. The van der Waals surface area contributed by atoms with E-state index in [0.717, 1.165) is 21.2 Å². The van der Waals surface area contributed by atoms with Gasteiger partial charge in [0.1, 0.15) is 0 Å². The van der Waals surface area contributed by atoms with E-state index in [0.29, 0.717) is 0 Å². The highest BCUT2D eigenvalue weighted by molar-refractivity contribution is 7.10. The fraction of sp³-hybridized carbons (Fsp3) is 0.200. The van der Waals surface area contributed by atoms with Crippen LogP contribution in [0.2, 0.25) is 0 Å². The van der Waals surface area contributed by atoms with Crippen LogP contribution >= 0.6 is 11.3 Å². The van der Waals surface area contributed by atoms with Crippen molar-refractivity contribution in [1.82, 2.24) is 5.32 Å². The fourth-order valence-electron chi connectivity index (χ4n) is 2.74. The second-order valence-corrected chi connectivity index (χ2v) is 6.75. The number of ether oxygens (including phenoxy) is 1. The van der Waals surface area contributed by atoms with Crippen molar-refractivity contribution in [3.63, 3.8) is 0 Å². The van der Waals surface area contributed by atoms with Gasteiger partial charge in [-0.1, -0.05) is 48.5 Å². The third-order valence-electron chi connectivity index (χ3n) is 4.00. The zero-order valence-corrected chi connectivity index (χ0v) is 14.7. The summed E-state index contributed by atoms with van der Waals surface area (Å²) in [6, 6.07) is 17.5. The minimum absolute atomic E-state index is 0.113. The number of hydrogen-bond donors (Lipinski definition) is 1. The molecule has 1 unspecified atom stereocenters. The number of carbonyl (C=O) groups is 2. The number of esters is 1. The van der Waals surface area contributed by atoms with Gasteiger partial charge < -0.3 is 10.1 Å². The average Bonchev–Trinajstić information content (AvgIpc) is 3.15. The van der Waals surface area contributed by atoms with Gasteiger partial charge in [0.2, 0.25) is 5.91 Å². The molecule has 3 aromatic rings. The van der Waals surface area contributed by atoms with Crippen LogP contribution < -0.4 is 5.32 Å². The number of rotatable bonds is 6. The lowest BCUT2D eigenvalue weighted by Gasteiger charge is -2.16. The summed E-state index contributed by atoms with van der Waals surface area (Å²) >= 11 is 1.51. The van der Waals surface area contributed by atoms with Crippen LogP contribution in [-0.2, 0) is 20.7 Å². The van der Waals surface area contributed by atoms with Crippen molar-refractivity contribution in [3.8, 4) is 0 Å². The van der Waals surface area contributed by atoms with Gasteiger partial charge in [-0.2, -0.15) is 0 Å². The van der Waals surface area contributed by atoms with Crippen molar-refractivity contribution < 1.29 is 14.3 Å². The summed E-state index contributed by atoms with van der Waals surface area (Å²) in [6.07, 6.45) is 0.397. The lowest BCUT2D eigenvalue weighted by molar-refractivity contribution is -0.141. The molecule has 1 aromatic heterocycles. The molecule has 0 aliphatic heterocycles. The Morgan fingerprint density at radius 1 is 1.08 bits per heavy atom. The van der Waals surface area contributed by atoms with Gasteiger partial charge in [0.15, 0.2) is 0 Å². The Bertz CT molecular complexity index is 874. The van der Waals surface area contributed by atoms with E-state index in [4.69, 9.17) is 4.74 Å². The Hall–Kier alpha value is -2.66. The third kappa shape index (κ3) is 4.45. The minimum Gasteiger partial charge on any atom is -0.469 e. The molecule has 1 heterocycles. The number of thiophene rings is 1. The molecule has 4 nitrogen and oxygen atoms in total. The molecule has 0 saturated heterocycles. The summed E-state index contributed by atoms with van der Waals surface area (Å²) in [5, 5.41) is 7.13. The lowest BCUT2D eigenvalue weighted by atomic mass is 10.0. The Morgan fingerprint density at radius 3 is 2.60 bits per heavy atom. The maximum absolute atomic E-state index is 12.5. The third-order valence-corrected chi connectivity index (χ3v) is 4.98. The molecular weight excluding hydrogens is 334 g/mol. The molecule has 25 heavy (non-hydrogen) atoms. The van der Waals surface area contributed by atoms with Crippen molar-refractivity contribution in [1.29, 1.82) is 0 Å². The molecule has 3 rings (SSSR count). The summed E-state index contributed by atoms with van der Waals surface area (Å²) in [5.41, 5.74) is 0.944. The van der Waals surface area contributed by atoms with Crippen LogP contribution in [0.3, 0.4) is 0 Å². The highest BCUT2D eigenvalue weighted by atomic mass is 32.1. The Balaban J connectivity index is 1.70. The van der Waals surface area contributed by atoms with E-state index < -0.39 is 0 Å². The molecule has 0 saturated carbocycles. The van der Waals surface area contributed by atoms with Gasteiger partial charge >= 0.3 is 5.97 Å². The highest BCUT2D eigenvalue weighted by Crippen LogP contribution is 2.23. The predicted molar refractivity (Wildman–Crippen MR) is 99.5 cm³/mol. The highest BCUT2D eigenvalue weighted by Gasteiger charge is 2.20. The number of benzene rings is 2. The van der Waals surface area contributed by atoms with Gasteiger partial charge in [-0.3, -0.25) is 9.59 Å². The number of fused-ring (bicyclic) bond motifs is 1. The molecule has 1 atom stereocenters. The van der Waals surface area contributed by atoms with E-state index >= 15 is 0 Å². The standard InChI is InChI=1S/C20H19NO3S/c1-24-20(23)13-17(18-7-4-10-25-18)21-19(22)12-14-8-9-15-5-2-3-6-16(15)11-14/h2-11,17H,12-13H2,1H3,(H,21,22). The van der Waals surface area contributed by atoms with Crippen LogP contribution in [0.25, 0.3) is 10.8 Å². The van der Waals surface area contributed by atoms with Gasteiger partial charge in [-0.05, 0) is 27.8 Å². The Morgan fingerprint density at radius 2 is 1.88 bits per heavy atom. The number of hydrogen-bond acceptors (Lipinski definition) is 4. The van der Waals surface area contributed by atoms with Crippen LogP contribution in [0.15, 0.2) is 60.0 Å². The van der Waals surface area contributed by atoms with Gasteiger partial charge in [0, 0.05) is 4.88 Å². The van der Waals surface area contributed by atoms with E-state index in [1.165, 1.54) is 18.4 Å². The number of amides is 1. The molecule has 0 aliphatic rings. The van der Waals surface area contributed by atoms with Gasteiger partial charge in [0.25, 0.3) is 0 Å². The number of carbonyl (C=O) groups excluding carboxylic acids is 2. The van der Waals surface area contributed by atoms with Gasteiger partial charge in [0.05, 0.1) is 26.0 Å². The van der Waals surface area contributed by atoms with Crippen LogP contribution in [0, 0.1) is 0 Å². The van der Waals surface area contributed by atoms with Crippen LogP contribution in [0.5, 0.6) is 0 Å². The van der Waals surface area contributed by atoms with Crippen molar-refractivity contribution in [3.05, 3.63) is 70.4 Å². The smallest absolute Gasteiger partial charge is 0.307 e. The molecule has 1 N–H and O–H groups in total. The summed E-state index contributed by atoms with van der Waals surface area (Å²) in [4.78, 5) is 25.0.